The third-order valence-corrected chi connectivity index (χ3v) is 7.51. The summed E-state index contributed by atoms with van der Waals surface area (Å²) in [6, 6.07) is 56.9. The van der Waals surface area contributed by atoms with Crippen molar-refractivity contribution in [3.8, 4) is 33.4 Å². The summed E-state index contributed by atoms with van der Waals surface area (Å²) in [5, 5.41) is 0. The molecule has 0 N–H and O–H groups in total. The molecule has 0 saturated carbocycles. The zero-order valence-corrected chi connectivity index (χ0v) is 21.0. The lowest BCUT2D eigenvalue weighted by Gasteiger charge is -2.39. The van der Waals surface area contributed by atoms with Crippen LogP contribution in [0.25, 0.3) is 33.4 Å². The Bertz CT molecular complexity index is 1710. The molecule has 6 aromatic carbocycles. The van der Waals surface area contributed by atoms with Gasteiger partial charge in [0.25, 0.3) is 0 Å². The van der Waals surface area contributed by atoms with Crippen molar-refractivity contribution in [2.45, 2.75) is 0 Å². The van der Waals surface area contributed by atoms with Gasteiger partial charge in [0.05, 0.1) is 0 Å². The van der Waals surface area contributed by atoms with Crippen molar-refractivity contribution in [3.05, 3.63) is 158 Å². The maximum Gasteiger partial charge on any atom is 0.328 e. The second kappa shape index (κ2) is 9.57. The van der Waals surface area contributed by atoms with E-state index < -0.39 is 0 Å². The highest BCUT2D eigenvalue weighted by Gasteiger charge is 2.36. The fourth-order valence-electron chi connectivity index (χ4n) is 5.75. The van der Waals surface area contributed by atoms with Crippen LogP contribution in [0.3, 0.4) is 0 Å². The molecule has 0 saturated heterocycles. The van der Waals surface area contributed by atoms with E-state index >= 15 is 0 Å². The standard InChI is InChI=1S/C36H26BN/c1-4-13-27(14-5-1)28-15-12-16-29(25-28)30-23-24-36-34(26-30)33-21-10-11-22-35(33)37(31-17-6-2-7-18-31)38(36)32-19-8-3-9-20-32/h1-26H. The number of nitrogens with zero attached hydrogens (tertiary/aromatic N) is 1. The third kappa shape index (κ3) is 3.92. The second-order valence-corrected chi connectivity index (χ2v) is 9.78. The number of benzene rings is 6. The van der Waals surface area contributed by atoms with Gasteiger partial charge in [-0.1, -0.05) is 133 Å². The van der Waals surface area contributed by atoms with E-state index in [-0.39, 0.29) is 6.85 Å². The summed E-state index contributed by atoms with van der Waals surface area (Å²) in [5.41, 5.74) is 12.5. The predicted molar refractivity (Wildman–Crippen MR) is 163 cm³/mol. The fraction of sp³-hybridized carbons (Fsp3) is 0. The first-order valence-corrected chi connectivity index (χ1v) is 13.2. The van der Waals surface area contributed by atoms with Gasteiger partial charge in [-0.25, -0.2) is 0 Å². The van der Waals surface area contributed by atoms with Gasteiger partial charge >= 0.3 is 6.85 Å². The van der Waals surface area contributed by atoms with Gasteiger partial charge in [0.1, 0.15) is 0 Å². The SMILES string of the molecule is c1ccc(B2c3ccccc3-c3cc(-c4cccc(-c5ccccc5)c4)ccc3N2c2ccccc2)cc1. The summed E-state index contributed by atoms with van der Waals surface area (Å²) < 4.78 is 0. The molecule has 6 aromatic rings. The van der Waals surface area contributed by atoms with Crippen LogP contribution in [0.2, 0.25) is 0 Å². The van der Waals surface area contributed by atoms with Crippen LogP contribution < -0.4 is 15.7 Å². The van der Waals surface area contributed by atoms with Crippen LogP contribution in [0.15, 0.2) is 158 Å². The van der Waals surface area contributed by atoms with Gasteiger partial charge in [-0.05, 0) is 63.6 Å². The fourth-order valence-corrected chi connectivity index (χ4v) is 5.75. The van der Waals surface area contributed by atoms with E-state index in [1.54, 1.807) is 0 Å². The Balaban J connectivity index is 1.42. The lowest BCUT2D eigenvalue weighted by molar-refractivity contribution is 1.36. The second-order valence-electron chi connectivity index (χ2n) is 9.78. The molecule has 1 aliphatic rings. The first kappa shape index (κ1) is 22.4. The Labute approximate surface area is 224 Å². The van der Waals surface area contributed by atoms with Gasteiger partial charge in [-0.2, -0.15) is 0 Å². The molecule has 38 heavy (non-hydrogen) atoms. The summed E-state index contributed by atoms with van der Waals surface area (Å²) in [6.07, 6.45) is 0. The Hall–Kier alpha value is -4.82. The zero-order chi connectivity index (χ0) is 25.3. The number of rotatable bonds is 4. The minimum absolute atomic E-state index is 0.0922. The molecule has 178 valence electrons. The molecule has 0 spiro atoms. The minimum Gasteiger partial charge on any atom is -0.376 e. The Morgan fingerprint density at radius 2 is 0.974 bits per heavy atom. The summed E-state index contributed by atoms with van der Waals surface area (Å²) in [7, 11) is 0. The largest absolute Gasteiger partial charge is 0.376 e. The number of hydrogen-bond acceptors (Lipinski definition) is 1. The topological polar surface area (TPSA) is 3.24 Å². The molecule has 0 aromatic heterocycles. The van der Waals surface area contributed by atoms with Crippen molar-refractivity contribution in [1.82, 2.24) is 0 Å². The summed E-state index contributed by atoms with van der Waals surface area (Å²) >= 11 is 0. The summed E-state index contributed by atoms with van der Waals surface area (Å²) in [5.74, 6) is 0. The highest BCUT2D eigenvalue weighted by atomic mass is 15.1. The van der Waals surface area contributed by atoms with E-state index in [9.17, 15) is 0 Å². The maximum absolute atomic E-state index is 2.50. The van der Waals surface area contributed by atoms with Gasteiger partial charge in [0, 0.05) is 16.9 Å². The van der Waals surface area contributed by atoms with Crippen molar-refractivity contribution >= 4 is 29.1 Å². The zero-order valence-electron chi connectivity index (χ0n) is 21.0. The molecule has 1 aliphatic heterocycles. The molecule has 1 heterocycles. The van der Waals surface area contributed by atoms with Gasteiger partial charge in [-0.3, -0.25) is 0 Å². The van der Waals surface area contributed by atoms with Crippen molar-refractivity contribution in [2.24, 2.45) is 0 Å². The highest BCUT2D eigenvalue weighted by molar-refractivity contribution is 6.90. The minimum atomic E-state index is 0.0922. The number of anilines is 2. The molecular weight excluding hydrogens is 457 g/mol. The maximum atomic E-state index is 2.50. The molecular formula is C36H26BN. The summed E-state index contributed by atoms with van der Waals surface area (Å²) in [6.45, 7) is 0.0922. The van der Waals surface area contributed by atoms with Gasteiger partial charge in [-0.15, -0.1) is 0 Å². The number of hydrogen-bond donors (Lipinski definition) is 0. The van der Waals surface area contributed by atoms with Gasteiger partial charge in [0.2, 0.25) is 0 Å². The van der Waals surface area contributed by atoms with E-state index in [0.29, 0.717) is 0 Å². The van der Waals surface area contributed by atoms with Crippen molar-refractivity contribution < 1.29 is 0 Å². The molecule has 0 atom stereocenters. The smallest absolute Gasteiger partial charge is 0.328 e. The van der Waals surface area contributed by atoms with Crippen molar-refractivity contribution in [2.75, 3.05) is 4.81 Å². The van der Waals surface area contributed by atoms with Crippen LogP contribution in [-0.4, -0.2) is 6.85 Å². The number of fused-ring (bicyclic) bond motifs is 3. The lowest BCUT2D eigenvalue weighted by Crippen LogP contribution is -2.57. The molecule has 0 aliphatic carbocycles. The van der Waals surface area contributed by atoms with Crippen molar-refractivity contribution in [1.29, 1.82) is 0 Å². The summed E-state index contributed by atoms with van der Waals surface area (Å²) in [4.78, 5) is 2.50. The van der Waals surface area contributed by atoms with Crippen LogP contribution in [0.4, 0.5) is 11.4 Å². The molecule has 0 unspecified atom stereocenters. The Morgan fingerprint density at radius 1 is 0.395 bits per heavy atom. The normalized spacial score (nSPS) is 12.1. The monoisotopic (exact) mass is 483 g/mol. The van der Waals surface area contributed by atoms with Gasteiger partial charge in [0.15, 0.2) is 0 Å². The molecule has 7 rings (SSSR count). The average molecular weight is 483 g/mol. The molecule has 0 bridgehead atoms. The van der Waals surface area contributed by atoms with E-state index in [1.807, 2.05) is 0 Å². The Morgan fingerprint density at radius 3 is 1.74 bits per heavy atom. The highest BCUT2D eigenvalue weighted by Crippen LogP contribution is 2.41. The number of para-hydroxylation sites is 1. The van der Waals surface area contributed by atoms with Crippen LogP contribution in [-0.2, 0) is 0 Å². The molecule has 0 radical (unpaired) electrons. The van der Waals surface area contributed by atoms with E-state index in [1.165, 1.54) is 55.7 Å². The van der Waals surface area contributed by atoms with Gasteiger partial charge < -0.3 is 4.81 Å². The van der Waals surface area contributed by atoms with Crippen LogP contribution in [0, 0.1) is 0 Å². The van der Waals surface area contributed by atoms with E-state index in [2.05, 4.69) is 163 Å². The molecule has 2 heteroatoms. The molecule has 0 amide bonds. The Kier molecular flexibility index (Phi) is 5.64. The van der Waals surface area contributed by atoms with Crippen LogP contribution in [0.5, 0.6) is 0 Å². The van der Waals surface area contributed by atoms with Crippen LogP contribution >= 0.6 is 0 Å². The van der Waals surface area contributed by atoms with E-state index in [4.69, 9.17) is 0 Å². The molecule has 1 nitrogen and oxygen atoms in total. The lowest BCUT2D eigenvalue weighted by atomic mass is 9.45. The van der Waals surface area contributed by atoms with Crippen molar-refractivity contribution in [3.63, 3.8) is 0 Å². The van der Waals surface area contributed by atoms with E-state index in [0.717, 1.165) is 0 Å². The average Bonchev–Trinajstić information content (AvgIpc) is 3.01. The first-order chi connectivity index (χ1) is 18.9. The quantitative estimate of drug-likeness (QED) is 0.230. The third-order valence-electron chi connectivity index (χ3n) is 7.51. The molecule has 0 fully saturated rings. The van der Waals surface area contributed by atoms with Crippen LogP contribution in [0.1, 0.15) is 0 Å². The predicted octanol–water partition coefficient (Wildman–Crippen LogP) is 7.95. The first-order valence-electron chi connectivity index (χ1n) is 13.2.